The first-order valence-corrected chi connectivity index (χ1v) is 6.90. The number of amides is 1. The van der Waals surface area contributed by atoms with Crippen LogP contribution in [0, 0.1) is 0 Å². The van der Waals surface area contributed by atoms with Crippen molar-refractivity contribution in [3.63, 3.8) is 0 Å². The van der Waals surface area contributed by atoms with Crippen LogP contribution in [-0.4, -0.2) is 31.3 Å². The van der Waals surface area contributed by atoms with Gasteiger partial charge in [-0.25, -0.2) is 14.2 Å². The lowest BCUT2D eigenvalue weighted by Crippen LogP contribution is -2.35. The Labute approximate surface area is 109 Å². The normalized spacial score (nSPS) is 11.2. The highest BCUT2D eigenvalue weighted by molar-refractivity contribution is 7.91. The van der Waals surface area contributed by atoms with Crippen LogP contribution in [0.2, 0.25) is 0 Å². The molecule has 2 aromatic rings. The van der Waals surface area contributed by atoms with Gasteiger partial charge in [-0.15, -0.1) is 0 Å². The Morgan fingerprint density at radius 2 is 2.16 bits per heavy atom. The van der Waals surface area contributed by atoms with Gasteiger partial charge in [0.25, 0.3) is 0 Å². The third-order valence-corrected chi connectivity index (χ3v) is 3.09. The molecule has 0 spiro atoms. The molecule has 1 amide bonds. The predicted molar refractivity (Wildman–Crippen MR) is 68.8 cm³/mol. The number of carbonyl (C=O) groups excluding carboxylic acids is 1. The second-order valence-corrected chi connectivity index (χ2v) is 4.96. The average Bonchev–Trinajstić information content (AvgIpc) is 2.72. The van der Waals surface area contributed by atoms with Crippen molar-refractivity contribution in [2.24, 2.45) is 0 Å². The van der Waals surface area contributed by atoms with Crippen LogP contribution in [-0.2, 0) is 14.9 Å². The van der Waals surface area contributed by atoms with Crippen molar-refractivity contribution in [1.82, 2.24) is 14.9 Å². The number of H-pyrrole nitrogens is 1. The van der Waals surface area contributed by atoms with Crippen LogP contribution in [0.3, 0.4) is 0 Å². The first-order chi connectivity index (χ1) is 9.02. The molecule has 0 aliphatic rings. The Balaban J connectivity index is 2.18. The Hall–Kier alpha value is -2.29. The topological polar surface area (TPSA) is 113 Å². The van der Waals surface area contributed by atoms with Gasteiger partial charge in [0.05, 0.1) is 12.1 Å². The second kappa shape index (κ2) is 5.14. The zero-order chi connectivity index (χ0) is 13.9. The largest absolute Gasteiger partial charge is 0.449 e. The van der Waals surface area contributed by atoms with Gasteiger partial charge in [-0.1, -0.05) is 12.1 Å². The molecule has 1 aromatic heterocycles. The van der Waals surface area contributed by atoms with E-state index in [1.54, 1.807) is 35.9 Å². The van der Waals surface area contributed by atoms with E-state index >= 15 is 0 Å². The maximum Gasteiger partial charge on any atom is 0.422 e. The van der Waals surface area contributed by atoms with Gasteiger partial charge in [0.15, 0.2) is 5.82 Å². The van der Waals surface area contributed by atoms with Crippen LogP contribution in [0.1, 0.15) is 6.92 Å². The minimum absolute atomic E-state index is 0.0761. The summed E-state index contributed by atoms with van der Waals surface area (Å²) < 4.78 is 31.6. The minimum atomic E-state index is -4.07. The molecule has 0 saturated heterocycles. The van der Waals surface area contributed by atoms with Crippen LogP contribution in [0.5, 0.6) is 0 Å². The number of para-hydroxylation sites is 1. The van der Waals surface area contributed by atoms with Gasteiger partial charge in [-0.2, -0.15) is 13.5 Å². The van der Waals surface area contributed by atoms with Crippen LogP contribution in [0.15, 0.2) is 24.3 Å². The van der Waals surface area contributed by atoms with E-state index in [1.165, 1.54) is 0 Å². The summed E-state index contributed by atoms with van der Waals surface area (Å²) in [6, 6.07) is 6.98. The van der Waals surface area contributed by atoms with Gasteiger partial charge in [-0.3, -0.25) is 5.10 Å². The van der Waals surface area contributed by atoms with Gasteiger partial charge in [0.2, 0.25) is 0 Å². The monoisotopic (exact) mass is 284 g/mol. The lowest BCUT2D eigenvalue weighted by molar-refractivity contribution is 0.159. The number of hydrogen-bond donors (Lipinski definition) is 3. The molecule has 0 radical (unpaired) electrons. The molecule has 2 rings (SSSR count). The van der Waals surface area contributed by atoms with Gasteiger partial charge in [0.1, 0.15) is 0 Å². The molecular weight excluding hydrogens is 272 g/mol. The molecule has 3 N–H and O–H groups in total. The van der Waals surface area contributed by atoms with E-state index < -0.39 is 16.3 Å². The van der Waals surface area contributed by atoms with Crippen molar-refractivity contribution >= 4 is 33.0 Å². The molecule has 8 nitrogen and oxygen atoms in total. The van der Waals surface area contributed by atoms with Crippen molar-refractivity contribution in [2.45, 2.75) is 6.92 Å². The third-order valence-electron chi connectivity index (χ3n) is 2.19. The number of carbonyl (C=O) groups is 1. The van der Waals surface area contributed by atoms with Crippen LogP contribution in [0.4, 0.5) is 10.6 Å². The molecule has 1 heterocycles. The van der Waals surface area contributed by atoms with Crippen molar-refractivity contribution in [3.05, 3.63) is 24.3 Å². The van der Waals surface area contributed by atoms with Gasteiger partial charge >= 0.3 is 16.3 Å². The SMILES string of the molecule is CCOC(=O)NS(=O)(=O)Nc1n[nH]c2ccccc12. The fourth-order valence-electron chi connectivity index (χ4n) is 1.46. The number of aromatic nitrogens is 2. The summed E-state index contributed by atoms with van der Waals surface area (Å²) in [4.78, 5) is 11.1. The molecule has 0 saturated carbocycles. The van der Waals surface area contributed by atoms with E-state index in [9.17, 15) is 13.2 Å². The van der Waals surface area contributed by atoms with Crippen molar-refractivity contribution < 1.29 is 17.9 Å². The number of hydrogen-bond acceptors (Lipinski definition) is 5. The lowest BCUT2D eigenvalue weighted by atomic mass is 10.2. The fraction of sp³-hybridized carbons (Fsp3) is 0.200. The number of ether oxygens (including phenoxy) is 1. The Kier molecular flexibility index (Phi) is 3.56. The van der Waals surface area contributed by atoms with Crippen molar-refractivity contribution in [2.75, 3.05) is 11.3 Å². The Morgan fingerprint density at radius 3 is 2.89 bits per heavy atom. The van der Waals surface area contributed by atoms with E-state index in [2.05, 4.69) is 19.7 Å². The number of rotatable bonds is 4. The van der Waals surface area contributed by atoms with Crippen molar-refractivity contribution in [1.29, 1.82) is 0 Å². The van der Waals surface area contributed by atoms with E-state index in [1.807, 2.05) is 0 Å². The van der Waals surface area contributed by atoms with Gasteiger partial charge < -0.3 is 4.74 Å². The number of nitrogens with one attached hydrogen (secondary N) is 3. The highest BCUT2D eigenvalue weighted by atomic mass is 32.2. The third kappa shape index (κ3) is 3.13. The summed E-state index contributed by atoms with van der Waals surface area (Å²) in [6.07, 6.45) is -1.05. The van der Waals surface area contributed by atoms with Gasteiger partial charge in [-0.05, 0) is 19.1 Å². The summed E-state index contributed by atoms with van der Waals surface area (Å²) in [7, 11) is -4.07. The van der Waals surface area contributed by atoms with Crippen LogP contribution in [0.25, 0.3) is 10.9 Å². The van der Waals surface area contributed by atoms with Crippen molar-refractivity contribution in [3.8, 4) is 0 Å². The molecule has 0 bridgehead atoms. The molecule has 0 atom stereocenters. The average molecular weight is 284 g/mol. The zero-order valence-electron chi connectivity index (χ0n) is 10.0. The molecule has 19 heavy (non-hydrogen) atoms. The number of anilines is 1. The lowest BCUT2D eigenvalue weighted by Gasteiger charge is -2.07. The summed E-state index contributed by atoms with van der Waals surface area (Å²) >= 11 is 0. The first kappa shape index (κ1) is 13.1. The quantitative estimate of drug-likeness (QED) is 0.774. The number of aromatic amines is 1. The first-order valence-electron chi connectivity index (χ1n) is 5.42. The fourth-order valence-corrected chi connectivity index (χ4v) is 2.20. The second-order valence-electron chi connectivity index (χ2n) is 3.55. The van der Waals surface area contributed by atoms with Gasteiger partial charge in [0, 0.05) is 5.39 Å². The summed E-state index contributed by atoms with van der Waals surface area (Å²) in [5, 5.41) is 7.09. The molecule has 0 aliphatic carbocycles. The molecule has 0 fully saturated rings. The summed E-state index contributed by atoms with van der Waals surface area (Å²) in [5.41, 5.74) is 0.677. The predicted octanol–water partition coefficient (Wildman–Crippen LogP) is 0.966. The molecule has 0 unspecified atom stereocenters. The maximum absolute atomic E-state index is 11.6. The van der Waals surface area contributed by atoms with E-state index in [0.29, 0.717) is 10.9 Å². The number of benzene rings is 1. The summed E-state index contributed by atoms with van der Waals surface area (Å²) in [5.74, 6) is 0.104. The standard InChI is InChI=1S/C10H12N4O4S/c1-2-18-10(15)14-19(16,17)13-9-7-5-3-4-6-8(7)11-12-9/h3-6H,2H2,1H3,(H,14,15)(H2,11,12,13). The number of nitrogens with zero attached hydrogens (tertiary/aromatic N) is 1. The van der Waals surface area contributed by atoms with E-state index in [4.69, 9.17) is 0 Å². The smallest absolute Gasteiger partial charge is 0.422 e. The Morgan fingerprint density at radius 1 is 1.42 bits per heavy atom. The van der Waals surface area contributed by atoms with E-state index in [-0.39, 0.29) is 12.4 Å². The minimum Gasteiger partial charge on any atom is -0.449 e. The van der Waals surface area contributed by atoms with E-state index in [0.717, 1.165) is 0 Å². The zero-order valence-corrected chi connectivity index (χ0v) is 10.8. The maximum atomic E-state index is 11.6. The highest BCUT2D eigenvalue weighted by Gasteiger charge is 2.17. The van der Waals surface area contributed by atoms with Crippen LogP contribution < -0.4 is 9.44 Å². The molecule has 1 aromatic carbocycles. The molecule has 102 valence electrons. The van der Waals surface area contributed by atoms with Crippen LogP contribution >= 0.6 is 0 Å². The summed E-state index contributed by atoms with van der Waals surface area (Å²) in [6.45, 7) is 1.65. The molecule has 0 aliphatic heterocycles. The highest BCUT2D eigenvalue weighted by Crippen LogP contribution is 2.20. The Bertz CT molecular complexity index is 694. The number of fused-ring (bicyclic) bond motifs is 1. The molecular formula is C10H12N4O4S. The molecule has 9 heteroatoms.